The molecule has 0 atom stereocenters. The van der Waals surface area contributed by atoms with Crippen LogP contribution in [0.4, 0.5) is 4.39 Å². The molecule has 32 heavy (non-hydrogen) atoms. The van der Waals surface area contributed by atoms with E-state index < -0.39 is 24.3 Å². The minimum Gasteiger partial charge on any atom is -0.497 e. The Hall–Kier alpha value is -4.01. The van der Waals surface area contributed by atoms with Crippen molar-refractivity contribution in [3.05, 3.63) is 66.1 Å². The number of ether oxygens (including phenoxy) is 2. The van der Waals surface area contributed by atoms with Crippen molar-refractivity contribution in [3.8, 4) is 22.7 Å². The first-order chi connectivity index (χ1) is 15.5. The number of methoxy groups -OCH3 is 1. The van der Waals surface area contributed by atoms with Gasteiger partial charge in [0.2, 0.25) is 5.91 Å². The van der Waals surface area contributed by atoms with Gasteiger partial charge in [-0.05, 0) is 42.8 Å². The number of halogens is 1. The quantitative estimate of drug-likeness (QED) is 0.551. The highest BCUT2D eigenvalue weighted by Gasteiger charge is 2.28. The van der Waals surface area contributed by atoms with Crippen molar-refractivity contribution in [2.75, 3.05) is 20.3 Å². The van der Waals surface area contributed by atoms with Gasteiger partial charge in [-0.3, -0.25) is 14.5 Å². The van der Waals surface area contributed by atoms with Gasteiger partial charge >= 0.3 is 5.97 Å². The molecule has 164 valence electrons. The third-order valence-corrected chi connectivity index (χ3v) is 5.07. The molecule has 1 aromatic heterocycles. The first kappa shape index (κ1) is 21.2. The highest BCUT2D eigenvalue weighted by molar-refractivity contribution is 6.00. The number of rotatable bonds is 6. The summed E-state index contributed by atoms with van der Waals surface area (Å²) in [7, 11) is 1.52. The van der Waals surface area contributed by atoms with Crippen molar-refractivity contribution in [2.45, 2.75) is 12.8 Å². The van der Waals surface area contributed by atoms with Crippen LogP contribution in [0.25, 0.3) is 16.9 Å². The lowest BCUT2D eigenvalue weighted by Crippen LogP contribution is -2.35. The maximum atomic E-state index is 13.3. The normalized spacial score (nSPS) is 13.3. The van der Waals surface area contributed by atoms with Gasteiger partial charge in [0.25, 0.3) is 5.91 Å². The molecule has 0 N–H and O–H groups in total. The molecule has 3 aromatic rings. The Morgan fingerprint density at radius 3 is 2.62 bits per heavy atom. The zero-order chi connectivity index (χ0) is 22.7. The lowest BCUT2D eigenvalue weighted by atomic mass is 10.1. The summed E-state index contributed by atoms with van der Waals surface area (Å²) in [5.41, 5.74) is 1.55. The third-order valence-electron chi connectivity index (χ3n) is 5.07. The molecule has 0 aliphatic carbocycles. The van der Waals surface area contributed by atoms with Crippen molar-refractivity contribution < 1.29 is 28.2 Å². The number of likely N-dealkylation sites (tertiary alicyclic amines) is 1. The van der Waals surface area contributed by atoms with Gasteiger partial charge in [-0.15, -0.1) is 0 Å². The second kappa shape index (κ2) is 9.01. The standard InChI is InChI=1S/C23H20FN3O5/c1-31-18-5-2-4-15(12-18)22-19(13-27(25-22)17-9-7-16(24)8-10-17)23(30)32-14-21(29)26-11-3-6-20(26)28/h2,4-5,7-10,12-13H,3,6,11,14H2,1H3. The van der Waals surface area contributed by atoms with Crippen molar-refractivity contribution in [2.24, 2.45) is 0 Å². The molecule has 1 saturated heterocycles. The fraction of sp³-hybridized carbons (Fsp3) is 0.217. The van der Waals surface area contributed by atoms with E-state index in [0.29, 0.717) is 42.1 Å². The highest BCUT2D eigenvalue weighted by Crippen LogP contribution is 2.27. The summed E-state index contributed by atoms with van der Waals surface area (Å²) in [5.74, 6) is -1.43. The van der Waals surface area contributed by atoms with Gasteiger partial charge in [-0.2, -0.15) is 5.10 Å². The maximum absolute atomic E-state index is 13.3. The molecule has 0 unspecified atom stereocenters. The average molecular weight is 437 g/mol. The SMILES string of the molecule is COc1cccc(-c2nn(-c3ccc(F)cc3)cc2C(=O)OCC(=O)N2CCCC2=O)c1. The monoisotopic (exact) mass is 437 g/mol. The number of amides is 2. The molecule has 1 aliphatic heterocycles. The van der Waals surface area contributed by atoms with Crippen LogP contribution >= 0.6 is 0 Å². The van der Waals surface area contributed by atoms with Gasteiger partial charge < -0.3 is 9.47 Å². The van der Waals surface area contributed by atoms with Crippen LogP contribution in [-0.4, -0.2) is 52.7 Å². The molecule has 2 heterocycles. The zero-order valence-electron chi connectivity index (χ0n) is 17.3. The Morgan fingerprint density at radius 1 is 1.16 bits per heavy atom. The Bertz CT molecular complexity index is 1170. The second-order valence-corrected chi connectivity index (χ2v) is 7.16. The topological polar surface area (TPSA) is 90.7 Å². The molecule has 0 bridgehead atoms. The number of hydrogen-bond acceptors (Lipinski definition) is 6. The first-order valence-electron chi connectivity index (χ1n) is 9.96. The number of carbonyl (C=O) groups excluding carboxylic acids is 3. The van der Waals surface area contributed by atoms with Crippen molar-refractivity contribution in [3.63, 3.8) is 0 Å². The van der Waals surface area contributed by atoms with E-state index in [1.54, 1.807) is 24.3 Å². The number of imide groups is 1. The van der Waals surface area contributed by atoms with Gasteiger partial charge in [-0.1, -0.05) is 12.1 Å². The number of benzene rings is 2. The van der Waals surface area contributed by atoms with Crippen LogP contribution in [0.15, 0.2) is 54.7 Å². The van der Waals surface area contributed by atoms with Crippen LogP contribution in [0.3, 0.4) is 0 Å². The molecule has 0 radical (unpaired) electrons. The number of esters is 1. The molecule has 2 amide bonds. The Labute approximate surface area is 183 Å². The third kappa shape index (κ3) is 4.36. The summed E-state index contributed by atoms with van der Waals surface area (Å²) in [6, 6.07) is 12.6. The Kier molecular flexibility index (Phi) is 5.98. The highest BCUT2D eigenvalue weighted by atomic mass is 19.1. The summed E-state index contributed by atoms with van der Waals surface area (Å²) in [6.45, 7) is -0.226. The van der Waals surface area contributed by atoms with E-state index in [4.69, 9.17) is 9.47 Å². The molecule has 1 fully saturated rings. The molecule has 4 rings (SSSR count). The molecule has 1 aliphatic rings. The van der Waals surface area contributed by atoms with Crippen LogP contribution < -0.4 is 4.74 Å². The first-order valence-corrected chi connectivity index (χ1v) is 9.96. The maximum Gasteiger partial charge on any atom is 0.342 e. The average Bonchev–Trinajstić information content (AvgIpc) is 3.44. The van der Waals surface area contributed by atoms with Crippen LogP contribution in [0.1, 0.15) is 23.2 Å². The fourth-order valence-electron chi connectivity index (χ4n) is 3.43. The summed E-state index contributed by atoms with van der Waals surface area (Å²) in [5, 5.41) is 4.48. The fourth-order valence-corrected chi connectivity index (χ4v) is 3.43. The molecule has 0 saturated carbocycles. The van der Waals surface area contributed by atoms with E-state index in [1.165, 1.54) is 42.3 Å². The lowest BCUT2D eigenvalue weighted by Gasteiger charge is -2.13. The smallest absolute Gasteiger partial charge is 0.342 e. The van der Waals surface area contributed by atoms with E-state index in [-0.39, 0.29) is 11.5 Å². The van der Waals surface area contributed by atoms with Crippen LogP contribution in [0, 0.1) is 5.82 Å². The lowest BCUT2D eigenvalue weighted by molar-refractivity contribution is -0.143. The predicted molar refractivity (Wildman–Crippen MR) is 112 cm³/mol. The second-order valence-electron chi connectivity index (χ2n) is 7.16. The minimum absolute atomic E-state index is 0.114. The van der Waals surface area contributed by atoms with E-state index in [2.05, 4.69) is 5.10 Å². The molecular weight excluding hydrogens is 417 g/mol. The number of hydrogen-bond donors (Lipinski definition) is 0. The molecule has 8 nitrogen and oxygen atoms in total. The van der Waals surface area contributed by atoms with Crippen molar-refractivity contribution in [1.29, 1.82) is 0 Å². The molecule has 9 heteroatoms. The number of nitrogens with zero attached hydrogens (tertiary/aromatic N) is 3. The number of aromatic nitrogens is 2. The molecular formula is C23H20FN3O5. The van der Waals surface area contributed by atoms with E-state index >= 15 is 0 Å². The summed E-state index contributed by atoms with van der Waals surface area (Å²) < 4.78 is 25.2. The summed E-state index contributed by atoms with van der Waals surface area (Å²) in [6.07, 6.45) is 2.36. The van der Waals surface area contributed by atoms with Gasteiger partial charge in [0, 0.05) is 24.7 Å². The molecule has 0 spiro atoms. The van der Waals surface area contributed by atoms with E-state index in [0.717, 1.165) is 4.90 Å². The van der Waals surface area contributed by atoms with Crippen molar-refractivity contribution in [1.82, 2.24) is 14.7 Å². The minimum atomic E-state index is -0.767. The van der Waals surface area contributed by atoms with Crippen LogP contribution in [0.2, 0.25) is 0 Å². The number of carbonyl (C=O) groups is 3. The predicted octanol–water partition coefficient (Wildman–Crippen LogP) is 2.99. The molecule has 2 aromatic carbocycles. The van der Waals surface area contributed by atoms with E-state index in [1.807, 2.05) is 0 Å². The van der Waals surface area contributed by atoms with Gasteiger partial charge in [0.1, 0.15) is 22.8 Å². The zero-order valence-corrected chi connectivity index (χ0v) is 17.3. The Morgan fingerprint density at radius 2 is 1.94 bits per heavy atom. The largest absolute Gasteiger partial charge is 0.497 e. The summed E-state index contributed by atoms with van der Waals surface area (Å²) >= 11 is 0. The van der Waals surface area contributed by atoms with Gasteiger partial charge in [0.15, 0.2) is 6.61 Å². The van der Waals surface area contributed by atoms with E-state index in [9.17, 15) is 18.8 Å². The van der Waals surface area contributed by atoms with Crippen molar-refractivity contribution >= 4 is 17.8 Å². The van der Waals surface area contributed by atoms with Crippen LogP contribution in [-0.2, 0) is 14.3 Å². The van der Waals surface area contributed by atoms with Crippen LogP contribution in [0.5, 0.6) is 5.75 Å². The van der Waals surface area contributed by atoms with Gasteiger partial charge in [0.05, 0.1) is 12.8 Å². The van der Waals surface area contributed by atoms with Gasteiger partial charge in [-0.25, -0.2) is 13.9 Å². The summed E-state index contributed by atoms with van der Waals surface area (Å²) in [4.78, 5) is 37.9. The Balaban J connectivity index is 1.64.